The number of carbonyl (C=O) groups excluding carboxylic acids is 1. The summed E-state index contributed by atoms with van der Waals surface area (Å²) in [5, 5.41) is 16.3. The molecule has 1 heterocycles. The first kappa shape index (κ1) is 17.0. The lowest BCUT2D eigenvalue weighted by molar-refractivity contribution is 0.154. The van der Waals surface area contributed by atoms with E-state index in [2.05, 4.69) is 10.4 Å². The average molecular weight is 317 g/mol. The van der Waals surface area contributed by atoms with Crippen molar-refractivity contribution in [1.29, 1.82) is 0 Å². The number of benzene rings is 1. The molecular weight excluding hydrogens is 294 g/mol. The molecule has 0 spiro atoms. The highest BCUT2D eigenvalue weighted by Crippen LogP contribution is 2.24. The topological polar surface area (TPSA) is 76.4 Å². The molecule has 0 bridgehead atoms. The maximum atomic E-state index is 12.0. The van der Waals surface area contributed by atoms with Crippen LogP contribution in [0.3, 0.4) is 0 Å². The van der Waals surface area contributed by atoms with Gasteiger partial charge in [0, 0.05) is 11.5 Å². The van der Waals surface area contributed by atoms with Gasteiger partial charge in [0.25, 0.3) is 0 Å². The molecule has 6 nitrogen and oxygen atoms in total. The fraction of sp³-hybridized carbons (Fsp3) is 0.412. The van der Waals surface area contributed by atoms with Crippen LogP contribution in [0.4, 0.5) is 10.6 Å². The Morgan fingerprint density at radius 3 is 2.61 bits per heavy atom. The first-order valence-electron chi connectivity index (χ1n) is 7.57. The highest BCUT2D eigenvalue weighted by atomic mass is 16.5. The Hall–Kier alpha value is -2.34. The Morgan fingerprint density at radius 2 is 2.00 bits per heavy atom. The summed E-state index contributed by atoms with van der Waals surface area (Å²) in [6.07, 6.45) is -0.548. The summed E-state index contributed by atoms with van der Waals surface area (Å²) in [5.41, 5.74) is 1.61. The van der Waals surface area contributed by atoms with Gasteiger partial charge in [0.1, 0.15) is 12.4 Å². The number of hydrogen-bond donors (Lipinski definition) is 2. The molecule has 0 radical (unpaired) electrons. The summed E-state index contributed by atoms with van der Waals surface area (Å²) in [4.78, 5) is 12.0. The van der Waals surface area contributed by atoms with Crippen molar-refractivity contribution in [2.75, 3.05) is 11.9 Å². The van der Waals surface area contributed by atoms with E-state index in [0.29, 0.717) is 12.4 Å². The molecule has 1 aromatic heterocycles. The van der Waals surface area contributed by atoms with Crippen LogP contribution in [-0.2, 0) is 23.3 Å². The quantitative estimate of drug-likeness (QED) is 0.889. The van der Waals surface area contributed by atoms with Crippen LogP contribution in [0.5, 0.6) is 0 Å². The van der Waals surface area contributed by atoms with Crippen molar-refractivity contribution in [3.63, 3.8) is 0 Å². The van der Waals surface area contributed by atoms with E-state index in [1.54, 1.807) is 10.7 Å². The fourth-order valence-electron chi connectivity index (χ4n) is 2.01. The number of rotatable bonds is 5. The molecular formula is C17H23N3O3. The predicted molar refractivity (Wildman–Crippen MR) is 88.3 cm³/mol. The van der Waals surface area contributed by atoms with E-state index in [-0.39, 0.29) is 18.6 Å². The van der Waals surface area contributed by atoms with Crippen molar-refractivity contribution in [3.8, 4) is 0 Å². The fourth-order valence-corrected chi connectivity index (χ4v) is 2.01. The van der Waals surface area contributed by atoms with E-state index in [4.69, 9.17) is 9.84 Å². The maximum absolute atomic E-state index is 12.0. The summed E-state index contributed by atoms with van der Waals surface area (Å²) < 4.78 is 6.78. The molecule has 0 aliphatic rings. The van der Waals surface area contributed by atoms with Crippen molar-refractivity contribution < 1.29 is 14.6 Å². The lowest BCUT2D eigenvalue weighted by Gasteiger charge is -2.13. The van der Waals surface area contributed by atoms with Crippen molar-refractivity contribution in [2.24, 2.45) is 0 Å². The molecule has 0 fully saturated rings. The zero-order chi connectivity index (χ0) is 16.9. The minimum Gasteiger partial charge on any atom is -0.444 e. The summed E-state index contributed by atoms with van der Waals surface area (Å²) in [7, 11) is 0. The van der Waals surface area contributed by atoms with Crippen LogP contribution >= 0.6 is 0 Å². The first-order chi connectivity index (χ1) is 10.9. The largest absolute Gasteiger partial charge is 0.444 e. The summed E-state index contributed by atoms with van der Waals surface area (Å²) in [6.45, 7) is 6.57. The second kappa shape index (κ2) is 7.28. The van der Waals surface area contributed by atoms with Gasteiger partial charge in [-0.05, 0) is 5.56 Å². The Kier molecular flexibility index (Phi) is 5.39. The highest BCUT2D eigenvalue weighted by molar-refractivity contribution is 5.83. The van der Waals surface area contributed by atoms with Crippen molar-refractivity contribution in [2.45, 2.75) is 39.3 Å². The minimum atomic E-state index is -0.548. The van der Waals surface area contributed by atoms with Gasteiger partial charge in [-0.2, -0.15) is 5.10 Å². The Morgan fingerprint density at radius 1 is 1.30 bits per heavy atom. The van der Waals surface area contributed by atoms with Gasteiger partial charge < -0.3 is 9.84 Å². The van der Waals surface area contributed by atoms with E-state index < -0.39 is 6.09 Å². The molecule has 0 unspecified atom stereocenters. The molecule has 2 N–H and O–H groups in total. The summed E-state index contributed by atoms with van der Waals surface area (Å²) in [5.74, 6) is 0.516. The van der Waals surface area contributed by atoms with Crippen molar-refractivity contribution in [1.82, 2.24) is 9.78 Å². The molecule has 6 heteroatoms. The molecule has 0 aliphatic carbocycles. The zero-order valence-electron chi connectivity index (χ0n) is 13.7. The van der Waals surface area contributed by atoms with E-state index in [1.165, 1.54) is 0 Å². The molecule has 0 aliphatic heterocycles. The molecule has 1 amide bonds. The number of aliphatic hydroxyl groups excluding tert-OH is 1. The average Bonchev–Trinajstić information content (AvgIpc) is 2.90. The van der Waals surface area contributed by atoms with Crippen molar-refractivity contribution >= 4 is 11.9 Å². The number of aromatic nitrogens is 2. The molecule has 0 saturated heterocycles. The lowest BCUT2D eigenvalue weighted by Crippen LogP contribution is -2.17. The third kappa shape index (κ3) is 4.82. The SMILES string of the molecule is CC(C)(C)c1cc(NC(=O)OCc2ccccc2)n(CCO)n1. The van der Waals surface area contributed by atoms with Crippen LogP contribution in [0.2, 0.25) is 0 Å². The van der Waals surface area contributed by atoms with Crippen LogP contribution in [0, 0.1) is 0 Å². The van der Waals surface area contributed by atoms with Gasteiger partial charge in [-0.15, -0.1) is 0 Å². The van der Waals surface area contributed by atoms with Gasteiger partial charge in [0.05, 0.1) is 18.8 Å². The van der Waals surface area contributed by atoms with Crippen LogP contribution in [0.15, 0.2) is 36.4 Å². The third-order valence-electron chi connectivity index (χ3n) is 3.30. The predicted octanol–water partition coefficient (Wildman–Crippen LogP) is 2.92. The Labute approximate surface area is 136 Å². The number of anilines is 1. The third-order valence-corrected chi connectivity index (χ3v) is 3.30. The van der Waals surface area contributed by atoms with Gasteiger partial charge in [-0.1, -0.05) is 51.1 Å². The number of nitrogens with one attached hydrogen (secondary N) is 1. The molecule has 0 saturated carbocycles. The highest BCUT2D eigenvalue weighted by Gasteiger charge is 2.20. The van der Waals surface area contributed by atoms with Gasteiger partial charge >= 0.3 is 6.09 Å². The number of hydrogen-bond acceptors (Lipinski definition) is 4. The number of carbonyl (C=O) groups is 1. The monoisotopic (exact) mass is 317 g/mol. The molecule has 2 aromatic rings. The standard InChI is InChI=1S/C17H23N3O3/c1-17(2,3)14-11-15(20(19-14)9-10-21)18-16(22)23-12-13-7-5-4-6-8-13/h4-8,11,21H,9-10,12H2,1-3H3,(H,18,22). The van der Waals surface area contributed by atoms with Gasteiger partial charge in [-0.25, -0.2) is 9.48 Å². The maximum Gasteiger partial charge on any atom is 0.413 e. The molecule has 0 atom stereocenters. The molecule has 23 heavy (non-hydrogen) atoms. The summed E-state index contributed by atoms with van der Waals surface area (Å²) in [6, 6.07) is 11.3. The first-order valence-corrected chi connectivity index (χ1v) is 7.57. The van der Waals surface area contributed by atoms with Crippen LogP contribution in [-0.4, -0.2) is 27.6 Å². The lowest BCUT2D eigenvalue weighted by atomic mass is 9.92. The minimum absolute atomic E-state index is 0.0565. The van der Waals surface area contributed by atoms with E-state index in [9.17, 15) is 4.79 Å². The molecule has 1 aromatic carbocycles. The van der Waals surface area contributed by atoms with Crippen LogP contribution < -0.4 is 5.32 Å². The van der Waals surface area contributed by atoms with Crippen molar-refractivity contribution in [3.05, 3.63) is 47.7 Å². The van der Waals surface area contributed by atoms with Gasteiger partial charge in [0.2, 0.25) is 0 Å². The second-order valence-corrected chi connectivity index (χ2v) is 6.30. The van der Waals surface area contributed by atoms with E-state index >= 15 is 0 Å². The smallest absolute Gasteiger partial charge is 0.413 e. The van der Waals surface area contributed by atoms with E-state index in [0.717, 1.165) is 11.3 Å². The summed E-state index contributed by atoms with van der Waals surface area (Å²) >= 11 is 0. The normalized spacial score (nSPS) is 11.3. The second-order valence-electron chi connectivity index (χ2n) is 6.30. The van der Waals surface area contributed by atoms with Gasteiger partial charge in [0.15, 0.2) is 0 Å². The molecule has 2 rings (SSSR count). The van der Waals surface area contributed by atoms with Crippen LogP contribution in [0.25, 0.3) is 0 Å². The zero-order valence-corrected chi connectivity index (χ0v) is 13.7. The molecule has 124 valence electrons. The number of amides is 1. The van der Waals surface area contributed by atoms with Gasteiger partial charge in [-0.3, -0.25) is 5.32 Å². The Balaban J connectivity index is 2.03. The van der Waals surface area contributed by atoms with Crippen LogP contribution in [0.1, 0.15) is 32.0 Å². The number of ether oxygens (including phenoxy) is 1. The number of nitrogens with zero attached hydrogens (tertiary/aromatic N) is 2. The van der Waals surface area contributed by atoms with E-state index in [1.807, 2.05) is 51.1 Å². The number of aliphatic hydroxyl groups is 1. The Bertz CT molecular complexity index is 645.